The first-order chi connectivity index (χ1) is 22.7. The van der Waals surface area contributed by atoms with Crippen molar-refractivity contribution in [3.05, 3.63) is 71.8 Å². The highest BCUT2D eigenvalue weighted by molar-refractivity contribution is 7.90. The molecule has 48 heavy (non-hydrogen) atoms. The third-order valence-corrected chi connectivity index (χ3v) is 10.1. The van der Waals surface area contributed by atoms with E-state index in [1.807, 2.05) is 47.6 Å². The summed E-state index contributed by atoms with van der Waals surface area (Å²) in [5, 5.41) is 4.43. The van der Waals surface area contributed by atoms with E-state index in [9.17, 15) is 13.2 Å². The number of hydrogen-bond acceptors (Lipinski definition) is 9. The number of anilines is 1. The Hall–Kier alpha value is -4.32. The van der Waals surface area contributed by atoms with Gasteiger partial charge in [0.05, 0.1) is 22.8 Å². The fourth-order valence-electron chi connectivity index (χ4n) is 5.75. The summed E-state index contributed by atoms with van der Waals surface area (Å²) in [4.78, 5) is 28.1. The number of halogens is 1. The first kappa shape index (κ1) is 35.0. The van der Waals surface area contributed by atoms with Crippen molar-refractivity contribution in [1.29, 1.82) is 0 Å². The van der Waals surface area contributed by atoms with Gasteiger partial charge >= 0.3 is 6.09 Å². The summed E-state index contributed by atoms with van der Waals surface area (Å²) in [6, 6.07) is 11.8. The lowest BCUT2D eigenvalue weighted by molar-refractivity contribution is 0.0206. The van der Waals surface area contributed by atoms with Gasteiger partial charge in [-0.25, -0.2) is 32.6 Å². The van der Waals surface area contributed by atoms with Crippen LogP contribution in [0.3, 0.4) is 0 Å². The SMILES string of the molecule is CCC(C)CS(=O)(=O)Cc1c(F)ccc2c(Oc3ncccc3-c3ccnc(N[C@H]4CCCN(C(=O)OC(C)(C)C)C4)n3)c(C)ccc12. The maximum absolute atomic E-state index is 15.2. The highest BCUT2D eigenvalue weighted by atomic mass is 32.2. The lowest BCUT2D eigenvalue weighted by Gasteiger charge is -2.34. The number of piperidine rings is 1. The van der Waals surface area contributed by atoms with E-state index >= 15 is 4.39 Å². The molecule has 1 aliphatic rings. The van der Waals surface area contributed by atoms with E-state index in [0.717, 1.165) is 24.8 Å². The van der Waals surface area contributed by atoms with Gasteiger partial charge in [-0.3, -0.25) is 0 Å². The number of carbonyl (C=O) groups is 1. The van der Waals surface area contributed by atoms with Crippen molar-refractivity contribution in [2.45, 2.75) is 78.2 Å². The van der Waals surface area contributed by atoms with Crippen LogP contribution in [-0.2, 0) is 20.3 Å². The van der Waals surface area contributed by atoms with Crippen LogP contribution in [0.4, 0.5) is 15.1 Å². The molecule has 0 saturated carbocycles. The number of amides is 1. The normalized spacial score (nSPS) is 16.1. The Balaban J connectivity index is 1.41. The molecule has 0 radical (unpaired) electrons. The van der Waals surface area contributed by atoms with Gasteiger partial charge in [0, 0.05) is 42.5 Å². The zero-order valence-electron chi connectivity index (χ0n) is 28.4. The molecule has 1 fully saturated rings. The Morgan fingerprint density at radius 2 is 1.88 bits per heavy atom. The van der Waals surface area contributed by atoms with Gasteiger partial charge in [-0.15, -0.1) is 0 Å². The first-order valence-corrected chi connectivity index (χ1v) is 18.2. The smallest absolute Gasteiger partial charge is 0.410 e. The van der Waals surface area contributed by atoms with Crippen LogP contribution in [0.1, 0.15) is 65.0 Å². The number of benzene rings is 2. The maximum atomic E-state index is 15.2. The number of hydrogen-bond donors (Lipinski definition) is 1. The number of pyridine rings is 1. The molecule has 256 valence electrons. The molecule has 0 aliphatic carbocycles. The lowest BCUT2D eigenvalue weighted by Crippen LogP contribution is -2.47. The van der Waals surface area contributed by atoms with Crippen LogP contribution < -0.4 is 10.1 Å². The van der Waals surface area contributed by atoms with Crippen LogP contribution in [0.25, 0.3) is 22.0 Å². The summed E-state index contributed by atoms with van der Waals surface area (Å²) in [7, 11) is -3.55. The Morgan fingerprint density at radius 1 is 1.10 bits per heavy atom. The van der Waals surface area contributed by atoms with E-state index in [-0.39, 0.29) is 35.2 Å². The van der Waals surface area contributed by atoms with Gasteiger partial charge in [0.15, 0.2) is 9.84 Å². The molecule has 10 nitrogen and oxygen atoms in total. The third kappa shape index (κ3) is 8.58. The second-order valence-electron chi connectivity index (χ2n) is 13.5. The van der Waals surface area contributed by atoms with Crippen molar-refractivity contribution in [2.75, 3.05) is 24.2 Å². The minimum absolute atomic E-state index is 0.00956. The molecule has 1 unspecified atom stereocenters. The van der Waals surface area contributed by atoms with Crippen molar-refractivity contribution in [1.82, 2.24) is 19.9 Å². The van der Waals surface area contributed by atoms with Crippen molar-refractivity contribution in [3.8, 4) is 22.9 Å². The molecule has 1 saturated heterocycles. The zero-order chi connectivity index (χ0) is 34.6. The fourth-order valence-corrected chi connectivity index (χ4v) is 7.70. The molecular weight excluding hydrogens is 633 g/mol. The van der Waals surface area contributed by atoms with Crippen LogP contribution in [0.5, 0.6) is 11.6 Å². The van der Waals surface area contributed by atoms with Crippen LogP contribution in [-0.4, -0.2) is 64.8 Å². The second-order valence-corrected chi connectivity index (χ2v) is 15.6. The molecule has 5 rings (SSSR count). The summed E-state index contributed by atoms with van der Waals surface area (Å²) in [5.74, 6) is 0.126. The van der Waals surface area contributed by atoms with Gasteiger partial charge < -0.3 is 19.7 Å². The Kier molecular flexibility index (Phi) is 10.5. The first-order valence-electron chi connectivity index (χ1n) is 16.3. The van der Waals surface area contributed by atoms with Gasteiger partial charge in [-0.2, -0.15) is 0 Å². The molecule has 0 spiro atoms. The number of nitrogens with zero attached hydrogens (tertiary/aromatic N) is 4. The summed E-state index contributed by atoms with van der Waals surface area (Å²) in [6.07, 6.45) is 5.30. The minimum Gasteiger partial charge on any atom is -0.444 e. The molecule has 1 aliphatic heterocycles. The van der Waals surface area contributed by atoms with Gasteiger partial charge in [-0.05, 0) is 87.7 Å². The molecule has 12 heteroatoms. The topological polar surface area (TPSA) is 124 Å². The standard InChI is InChI=1S/C36H44FN5O5S/c1-7-23(2)21-48(44,45)22-29-26-13-12-24(3)32(27(26)14-15-30(29)37)46-33-28(11-8-17-38-33)31-16-18-39-34(41-31)40-25-10-9-19-42(20-25)35(43)47-36(4,5)6/h8,11-18,23,25H,7,9-10,19-22H2,1-6H3,(H,39,40,41)/t23?,25-/m0/s1. The van der Waals surface area contributed by atoms with Gasteiger partial charge in [-0.1, -0.05) is 32.4 Å². The minimum atomic E-state index is -3.55. The van der Waals surface area contributed by atoms with Crippen LogP contribution in [0, 0.1) is 18.7 Å². The van der Waals surface area contributed by atoms with Crippen LogP contribution in [0.15, 0.2) is 54.9 Å². The number of nitrogens with one attached hydrogen (secondary N) is 1. The van der Waals surface area contributed by atoms with Crippen molar-refractivity contribution in [2.24, 2.45) is 5.92 Å². The number of carbonyl (C=O) groups excluding carboxylic acids is 1. The molecule has 0 bridgehead atoms. The van der Waals surface area contributed by atoms with Crippen molar-refractivity contribution < 1.29 is 27.1 Å². The Bertz CT molecular complexity index is 1900. The van der Waals surface area contributed by atoms with E-state index in [1.54, 1.807) is 47.6 Å². The molecule has 2 aromatic heterocycles. The van der Waals surface area contributed by atoms with Gasteiger partial charge in [0.2, 0.25) is 11.8 Å². The predicted octanol–water partition coefficient (Wildman–Crippen LogP) is 7.70. The number of ether oxygens (including phenoxy) is 2. The van der Waals surface area contributed by atoms with Crippen LogP contribution in [0.2, 0.25) is 0 Å². The number of fused-ring (bicyclic) bond motifs is 1. The summed E-state index contributed by atoms with van der Waals surface area (Å²) in [5.41, 5.74) is 1.50. The fraction of sp³-hybridized carbons (Fsp3) is 0.444. The number of aromatic nitrogens is 3. The predicted molar refractivity (Wildman–Crippen MR) is 185 cm³/mol. The lowest BCUT2D eigenvalue weighted by atomic mass is 10.0. The molecular formula is C36H44FN5O5S. The Labute approximate surface area is 282 Å². The van der Waals surface area contributed by atoms with Crippen molar-refractivity contribution in [3.63, 3.8) is 0 Å². The molecule has 1 amide bonds. The van der Waals surface area contributed by atoms with Gasteiger partial charge in [0.25, 0.3) is 0 Å². The monoisotopic (exact) mass is 677 g/mol. The molecule has 2 atom stereocenters. The average molecular weight is 678 g/mol. The second kappa shape index (κ2) is 14.4. The Morgan fingerprint density at radius 3 is 2.62 bits per heavy atom. The van der Waals surface area contributed by atoms with Crippen molar-refractivity contribution >= 4 is 32.7 Å². The summed E-state index contributed by atoms with van der Waals surface area (Å²) >= 11 is 0. The molecule has 1 N–H and O–H groups in total. The number of rotatable bonds is 10. The number of aryl methyl sites for hydroxylation is 1. The molecule has 3 heterocycles. The van der Waals surface area contributed by atoms with E-state index in [1.165, 1.54) is 6.07 Å². The van der Waals surface area contributed by atoms with E-state index < -0.39 is 27.0 Å². The average Bonchev–Trinajstić information content (AvgIpc) is 3.03. The summed E-state index contributed by atoms with van der Waals surface area (Å²) < 4.78 is 53.2. The van der Waals surface area contributed by atoms with Crippen LogP contribution >= 0.6 is 0 Å². The van der Waals surface area contributed by atoms with E-state index in [4.69, 9.17) is 14.5 Å². The molecule has 4 aromatic rings. The maximum Gasteiger partial charge on any atom is 0.410 e. The van der Waals surface area contributed by atoms with Gasteiger partial charge in [0.1, 0.15) is 17.2 Å². The highest BCUT2D eigenvalue weighted by Crippen LogP contribution is 2.38. The van der Waals surface area contributed by atoms with E-state index in [2.05, 4.69) is 15.3 Å². The summed E-state index contributed by atoms with van der Waals surface area (Å²) in [6.45, 7) is 12.3. The number of sulfone groups is 1. The quantitative estimate of drug-likeness (QED) is 0.180. The largest absolute Gasteiger partial charge is 0.444 e. The number of likely N-dealkylation sites (tertiary alicyclic amines) is 1. The van der Waals surface area contributed by atoms with E-state index in [0.29, 0.717) is 46.8 Å². The molecule has 2 aromatic carbocycles. The highest BCUT2D eigenvalue weighted by Gasteiger charge is 2.28. The third-order valence-electron chi connectivity index (χ3n) is 8.31. The zero-order valence-corrected chi connectivity index (χ0v) is 29.2.